The van der Waals surface area contributed by atoms with Gasteiger partial charge >= 0.3 is 0 Å². The van der Waals surface area contributed by atoms with Crippen molar-refractivity contribution in [2.24, 2.45) is 10.8 Å². The highest BCUT2D eigenvalue weighted by atomic mass is 35.5. The molecule has 260 valence electrons. The molecule has 3 nitrogen and oxygen atoms in total. The van der Waals surface area contributed by atoms with E-state index in [-0.39, 0.29) is 30.5 Å². The molecule has 0 aliphatic heterocycles. The Morgan fingerprint density at radius 1 is 0.696 bits per heavy atom. The summed E-state index contributed by atoms with van der Waals surface area (Å²) in [7, 11) is 0. The van der Waals surface area contributed by atoms with Crippen molar-refractivity contribution in [3.8, 4) is 22.3 Å². The number of aryl methyl sites for hydroxylation is 2. The average Bonchev–Trinajstić information content (AvgIpc) is 3.92. The van der Waals surface area contributed by atoms with Crippen LogP contribution in [0.4, 0.5) is 8.78 Å². The lowest BCUT2D eigenvalue weighted by Gasteiger charge is -2.25. The van der Waals surface area contributed by atoms with E-state index in [2.05, 4.69) is 55.9 Å². The second-order valence-corrected chi connectivity index (χ2v) is 14.0. The van der Waals surface area contributed by atoms with Gasteiger partial charge in [-0.2, -0.15) is 0 Å². The van der Waals surface area contributed by atoms with E-state index >= 15 is 0 Å². The van der Waals surface area contributed by atoms with Crippen LogP contribution in [0.5, 0.6) is 0 Å². The molecule has 0 atom stereocenters. The average molecular weight is 700 g/mol. The Balaban J connectivity index is -0.000000197. The first-order valence-electron chi connectivity index (χ1n) is 24.9. The molecule has 0 fully saturated rings. The third-order valence-electron chi connectivity index (χ3n) is 9.34. The fourth-order valence-corrected chi connectivity index (χ4v) is 6.87. The number of hydrogen-bond acceptors (Lipinski definition) is 3. The Morgan fingerprint density at radius 3 is 1.52 bits per heavy atom. The molecule has 6 rings (SSSR count). The summed E-state index contributed by atoms with van der Waals surface area (Å²) < 4.78 is 119. The summed E-state index contributed by atoms with van der Waals surface area (Å²) in [6.07, 6.45) is 11.4. The number of aliphatic hydroxyl groups is 1. The van der Waals surface area contributed by atoms with Gasteiger partial charge in [-0.25, -0.2) is 8.78 Å². The van der Waals surface area contributed by atoms with Crippen molar-refractivity contribution in [3.63, 3.8) is 0 Å². The Kier molecular flexibility index (Phi) is 6.98. The molecular formula is C40H63ClF2N2O. The molecule has 0 saturated heterocycles. The Hall–Kier alpha value is -3.67. The van der Waals surface area contributed by atoms with Crippen molar-refractivity contribution in [2.75, 3.05) is 0 Å². The maximum atomic E-state index is 14.4. The van der Waals surface area contributed by atoms with Gasteiger partial charge in [-0.3, -0.25) is 9.97 Å². The van der Waals surface area contributed by atoms with Crippen LogP contribution in [0, 0.1) is 36.3 Å². The van der Waals surface area contributed by atoms with Gasteiger partial charge in [-0.15, -0.1) is 11.6 Å². The molecule has 2 aromatic heterocycles. The zero-order valence-electron chi connectivity index (χ0n) is 45.6. The normalized spacial score (nSPS) is 18.0. The van der Waals surface area contributed by atoms with Crippen LogP contribution in [0.15, 0.2) is 73.1 Å². The quantitative estimate of drug-likeness (QED) is 0.204. The van der Waals surface area contributed by atoms with Gasteiger partial charge in [0, 0.05) is 56.5 Å². The highest BCUT2D eigenvalue weighted by molar-refractivity contribution is 6.17. The van der Waals surface area contributed by atoms with Crippen LogP contribution in [-0.2, 0) is 12.5 Å². The molecule has 0 unspecified atom stereocenters. The molecule has 2 aliphatic carbocycles. The topological polar surface area (TPSA) is 46.0 Å². The zero-order valence-corrected chi connectivity index (χ0v) is 28.4. The molecule has 6 heteroatoms. The van der Waals surface area contributed by atoms with E-state index in [1.54, 1.807) is 6.07 Å². The van der Waals surface area contributed by atoms with Gasteiger partial charge < -0.3 is 5.11 Å². The number of hydrogen-bond donors (Lipinski definition) is 1. The number of aromatic nitrogens is 2. The highest BCUT2D eigenvalue weighted by Crippen LogP contribution is 2.48. The largest absolute Gasteiger partial charge is 0.392 e. The Labute approximate surface area is 306 Å². The molecule has 2 aliphatic rings. The SMILES string of the molecule is Cc1cc(-c2ccc(CCl)cc2C2=CCCC2(C)C)c(F)cn1.Cc1cc(-c2ccc(CO)cc2C2=CCCC2(C)C)c(F)cn1.[3HH].[3H][3H].[3H][3H].[3H][3H].[3H][3H].[3H][3H].[3H][3H].[3H][3H].[3H][3H].[3H][3H]. The lowest BCUT2D eigenvalue weighted by molar-refractivity contribution is 0.282. The molecule has 0 spiro atoms. The predicted octanol–water partition coefficient (Wildman–Crippen LogP) is 13.5. The number of allylic oxidation sites excluding steroid dienone is 4. The summed E-state index contributed by atoms with van der Waals surface area (Å²) in [4.78, 5) is 8.07. The first kappa shape index (κ1) is 23.6. The molecule has 1 N–H and O–H groups in total. The maximum absolute atomic E-state index is 14.4. The van der Waals surface area contributed by atoms with Crippen LogP contribution in [0.2, 0.25) is 0 Å². The van der Waals surface area contributed by atoms with Crippen LogP contribution in [-0.4, -0.2) is 15.1 Å². The Bertz CT molecular complexity index is 1750. The van der Waals surface area contributed by atoms with E-state index in [0.717, 1.165) is 70.5 Å². The minimum Gasteiger partial charge on any atom is -0.392 e. The van der Waals surface area contributed by atoms with Crippen molar-refractivity contribution in [1.29, 1.82) is 0 Å². The van der Waals surface area contributed by atoms with Gasteiger partial charge in [-0.05, 0) is 119 Å². The lowest BCUT2D eigenvalue weighted by atomic mass is 9.79. The van der Waals surface area contributed by atoms with E-state index in [1.807, 2.05) is 50.2 Å². The second-order valence-electron chi connectivity index (χ2n) is 13.7. The minimum absolute atomic E-state index is 0. The van der Waals surface area contributed by atoms with Gasteiger partial charge in [-0.1, -0.05) is 64.1 Å². The van der Waals surface area contributed by atoms with Crippen LogP contribution < -0.4 is 0 Å². The van der Waals surface area contributed by atoms with E-state index in [9.17, 15) is 13.9 Å². The summed E-state index contributed by atoms with van der Waals surface area (Å²) >= 11 is 6.03. The summed E-state index contributed by atoms with van der Waals surface area (Å²) in [6.45, 7) is 12.7. The van der Waals surface area contributed by atoms with Gasteiger partial charge in [0.15, 0.2) is 0 Å². The Morgan fingerprint density at radius 2 is 1.13 bits per heavy atom. The van der Waals surface area contributed by atoms with Gasteiger partial charge in [0.1, 0.15) is 11.6 Å². The number of alkyl halides is 1. The van der Waals surface area contributed by atoms with E-state index in [1.165, 1.54) is 23.5 Å². The fourth-order valence-electron chi connectivity index (χ4n) is 6.70. The van der Waals surface area contributed by atoms with Crippen molar-refractivity contribution in [2.45, 2.75) is 79.7 Å². The van der Waals surface area contributed by atoms with E-state index in [4.69, 9.17) is 38.3 Å². The van der Waals surface area contributed by atoms with Gasteiger partial charge in [0.05, 0.1) is 19.0 Å². The second kappa shape index (κ2) is 13.6. The summed E-state index contributed by atoms with van der Waals surface area (Å²) in [5.74, 6) is -0.143. The van der Waals surface area contributed by atoms with Crippen molar-refractivity contribution in [3.05, 3.63) is 118 Å². The van der Waals surface area contributed by atoms with Crippen molar-refractivity contribution >= 4 is 22.7 Å². The molecule has 0 bridgehead atoms. The first-order chi connectivity index (χ1) is 30.8. The molecule has 4 aromatic rings. The van der Waals surface area contributed by atoms with Crippen LogP contribution in [0.3, 0.4) is 0 Å². The number of rotatable bonds is 6. The predicted molar refractivity (Wildman–Crippen MR) is 207 cm³/mol. The maximum Gasteiger partial charge on any atom is 0.149 e. The van der Waals surface area contributed by atoms with E-state index < -0.39 is 0 Å². The standard InChI is InChI=1S/C20H21ClFN.C20H22FNO.10H2/c1-13-9-17(19(22)12-23-13)15-7-6-14(11-21)10-16(15)18-5-4-8-20(18,2)3;1-13-9-17(19(21)11-22-13)15-7-6-14(12-23)10-16(15)18-5-4-8-20(18,2)3;;;;;;;;;;/h5-7,9-10,12H,4,8,11H2,1-3H3;5-7,9-11,23H,4,8,12H2,1-3H3;10*1H/i;;9*1+2T;1+2. The van der Waals surface area contributed by atoms with Crippen LogP contribution in [0.1, 0.15) is 115 Å². The summed E-state index contributed by atoms with van der Waals surface area (Å²) in [5, 5.41) is 9.49. The number of aliphatic hydroxyl groups excluding tert-OH is 1. The molecule has 0 radical (unpaired) electrons. The van der Waals surface area contributed by atoms with Crippen molar-refractivity contribution in [1.82, 2.24) is 9.97 Å². The molecule has 46 heavy (non-hydrogen) atoms. The monoisotopic (exact) mass is 699 g/mol. The fraction of sp³-hybridized carbons (Fsp3) is 0.350. The number of benzene rings is 2. The van der Waals surface area contributed by atoms with Crippen LogP contribution in [0.25, 0.3) is 33.4 Å². The minimum atomic E-state index is -0.315. The highest BCUT2D eigenvalue weighted by Gasteiger charge is 2.31. The third kappa shape index (κ3) is 7.01. The zero-order chi connectivity index (χ0) is 51.2. The lowest BCUT2D eigenvalue weighted by Crippen LogP contribution is -2.10. The van der Waals surface area contributed by atoms with Gasteiger partial charge in [0.2, 0.25) is 0 Å². The molecule has 2 heterocycles. The molecule has 2 aromatic carbocycles. The first-order valence-corrected chi connectivity index (χ1v) is 16.5. The smallest absolute Gasteiger partial charge is 0.149 e. The van der Waals surface area contributed by atoms with Gasteiger partial charge in [0.25, 0.3) is 0 Å². The third-order valence-corrected chi connectivity index (χ3v) is 9.65. The number of halogens is 3. The van der Waals surface area contributed by atoms with E-state index in [0.29, 0.717) is 17.0 Å². The van der Waals surface area contributed by atoms with Crippen molar-refractivity contribution < 1.29 is 42.0 Å². The molecule has 0 saturated carbocycles. The summed E-state index contributed by atoms with van der Waals surface area (Å²) in [5.41, 5.74) is 11.3. The molecular weight excluding hydrogens is 598 g/mol. The van der Waals surface area contributed by atoms with Crippen LogP contribution >= 0.6 is 11.6 Å². The number of pyridine rings is 2. The summed E-state index contributed by atoms with van der Waals surface area (Å²) in [6, 6.07) is 15.4. The number of nitrogens with zero attached hydrogens (tertiary/aromatic N) is 2. The molecule has 0 amide bonds.